The predicted molar refractivity (Wildman–Crippen MR) is 121 cm³/mol. The summed E-state index contributed by atoms with van der Waals surface area (Å²) in [6.07, 6.45) is 3.77. The molecular weight excluding hydrogens is 406 g/mol. The van der Waals surface area contributed by atoms with E-state index >= 15 is 0 Å². The fraction of sp³-hybridized carbons (Fsp3) is 0.0455. The van der Waals surface area contributed by atoms with Gasteiger partial charge in [0.05, 0.1) is 0 Å². The van der Waals surface area contributed by atoms with Gasteiger partial charge in [-0.1, -0.05) is 47.7 Å². The molecule has 2 aromatic heterocycles. The smallest absolute Gasteiger partial charge is 0.260 e. The maximum atomic E-state index is 12.8. The van der Waals surface area contributed by atoms with Crippen LogP contribution >= 0.6 is 34.4 Å². The molecule has 0 bridgehead atoms. The quantitative estimate of drug-likeness (QED) is 0.375. The van der Waals surface area contributed by atoms with Crippen molar-refractivity contribution in [2.24, 2.45) is 0 Å². The van der Waals surface area contributed by atoms with Gasteiger partial charge in [-0.25, -0.2) is 0 Å². The summed E-state index contributed by atoms with van der Waals surface area (Å²) in [6, 6.07) is 19.8. The van der Waals surface area contributed by atoms with Gasteiger partial charge in [-0.3, -0.25) is 4.79 Å². The minimum absolute atomic E-state index is 0.0362. The molecule has 0 aliphatic heterocycles. The number of thiophene rings is 2. The van der Waals surface area contributed by atoms with Crippen LogP contribution in [0.25, 0.3) is 15.7 Å². The highest BCUT2D eigenvalue weighted by atomic mass is 32.2. The number of rotatable bonds is 5. The molecule has 2 N–H and O–H groups in total. The molecular formula is C22H17NO2S3. The normalized spacial score (nSPS) is 11.7. The molecule has 1 amide bonds. The summed E-state index contributed by atoms with van der Waals surface area (Å²) in [7, 11) is 0. The molecule has 0 unspecified atom stereocenters. The average Bonchev–Trinajstić information content (AvgIpc) is 3.35. The first-order valence-electron chi connectivity index (χ1n) is 8.57. The van der Waals surface area contributed by atoms with Crippen LogP contribution in [0.5, 0.6) is 5.06 Å². The van der Waals surface area contributed by atoms with Gasteiger partial charge < -0.3 is 10.4 Å². The van der Waals surface area contributed by atoms with E-state index in [0.29, 0.717) is 5.56 Å². The minimum atomic E-state index is -0.315. The summed E-state index contributed by atoms with van der Waals surface area (Å²) in [5.41, 5.74) is 2.29. The first kappa shape index (κ1) is 18.8. The van der Waals surface area contributed by atoms with Crippen LogP contribution in [0.3, 0.4) is 0 Å². The Morgan fingerprint density at radius 1 is 1.07 bits per heavy atom. The highest BCUT2D eigenvalue weighted by Gasteiger charge is 2.18. The first-order chi connectivity index (χ1) is 13.7. The van der Waals surface area contributed by atoms with Gasteiger partial charge in [-0.2, -0.15) is 0 Å². The summed E-state index contributed by atoms with van der Waals surface area (Å²) in [5.74, 6) is -0.315. The molecule has 28 heavy (non-hydrogen) atoms. The molecule has 0 saturated heterocycles. The van der Waals surface area contributed by atoms with E-state index in [9.17, 15) is 9.90 Å². The lowest BCUT2D eigenvalue weighted by molar-refractivity contribution is 0.0970. The molecule has 6 heteroatoms. The Kier molecular flexibility index (Phi) is 5.52. The lowest BCUT2D eigenvalue weighted by Crippen LogP contribution is -2.17. The topological polar surface area (TPSA) is 49.3 Å². The highest BCUT2D eigenvalue weighted by molar-refractivity contribution is 7.98. The van der Waals surface area contributed by atoms with Crippen LogP contribution in [0.2, 0.25) is 0 Å². The van der Waals surface area contributed by atoms with Crippen molar-refractivity contribution in [2.45, 2.75) is 4.90 Å². The monoisotopic (exact) mass is 423 g/mol. The molecule has 0 spiro atoms. The van der Waals surface area contributed by atoms with E-state index in [-0.39, 0.29) is 11.0 Å². The summed E-state index contributed by atoms with van der Waals surface area (Å²) in [5, 5.41) is 16.0. The van der Waals surface area contributed by atoms with Gasteiger partial charge in [-0.05, 0) is 41.5 Å². The second-order valence-electron chi connectivity index (χ2n) is 6.02. The molecule has 0 fully saturated rings. The van der Waals surface area contributed by atoms with Crippen molar-refractivity contribution >= 4 is 56.0 Å². The fourth-order valence-corrected chi connectivity index (χ4v) is 5.07. The second kappa shape index (κ2) is 8.22. The van der Waals surface area contributed by atoms with Crippen LogP contribution in [-0.2, 0) is 0 Å². The minimum Gasteiger partial charge on any atom is -0.499 e. The standard InChI is InChI=1S/C22H17NO2S3/c1-26-15-10-8-14(9-11-15)17(18-7-4-12-27-18)13-23-21(24)20-16-5-2-3-6-19(16)28-22(20)25/h2-13,25H,1H3,(H,23,24)/b17-13-. The number of fused-ring (bicyclic) bond motifs is 1. The van der Waals surface area contributed by atoms with Crippen molar-refractivity contribution in [3.05, 3.63) is 88.2 Å². The lowest BCUT2D eigenvalue weighted by Gasteiger charge is -2.08. The third kappa shape index (κ3) is 3.71. The van der Waals surface area contributed by atoms with Gasteiger partial charge in [-0.15, -0.1) is 23.1 Å². The first-order valence-corrected chi connectivity index (χ1v) is 11.5. The highest BCUT2D eigenvalue weighted by Crippen LogP contribution is 2.36. The predicted octanol–water partition coefficient (Wildman–Crippen LogP) is 6.21. The molecule has 0 atom stereocenters. The van der Waals surface area contributed by atoms with Crippen molar-refractivity contribution in [1.82, 2.24) is 5.32 Å². The Morgan fingerprint density at radius 2 is 1.86 bits per heavy atom. The van der Waals surface area contributed by atoms with Crippen LogP contribution in [0.4, 0.5) is 0 Å². The van der Waals surface area contributed by atoms with Crippen LogP contribution in [0.1, 0.15) is 20.8 Å². The molecule has 0 aliphatic carbocycles. The third-order valence-electron chi connectivity index (χ3n) is 4.34. The molecule has 140 valence electrons. The number of carbonyl (C=O) groups is 1. The number of carbonyl (C=O) groups excluding carboxylic acids is 1. The van der Waals surface area contributed by atoms with Gasteiger partial charge in [0.15, 0.2) is 5.06 Å². The summed E-state index contributed by atoms with van der Waals surface area (Å²) in [4.78, 5) is 15.1. The van der Waals surface area contributed by atoms with Crippen LogP contribution in [0.15, 0.2) is 77.1 Å². The second-order valence-corrected chi connectivity index (χ2v) is 8.87. The maximum Gasteiger partial charge on any atom is 0.260 e. The zero-order valence-electron chi connectivity index (χ0n) is 15.0. The van der Waals surface area contributed by atoms with Crippen molar-refractivity contribution in [3.63, 3.8) is 0 Å². The number of amides is 1. The third-order valence-corrected chi connectivity index (χ3v) is 6.96. The summed E-state index contributed by atoms with van der Waals surface area (Å²) < 4.78 is 0.889. The molecule has 2 aromatic carbocycles. The number of hydrogen-bond donors (Lipinski definition) is 2. The van der Waals surface area contributed by atoms with Crippen molar-refractivity contribution in [1.29, 1.82) is 0 Å². The number of nitrogens with one attached hydrogen (secondary N) is 1. The molecule has 2 heterocycles. The van der Waals surface area contributed by atoms with Crippen LogP contribution < -0.4 is 5.32 Å². The van der Waals surface area contributed by atoms with Crippen LogP contribution in [0, 0.1) is 0 Å². The molecule has 0 radical (unpaired) electrons. The Bertz CT molecular complexity index is 1140. The Labute approximate surface area is 175 Å². The van der Waals surface area contributed by atoms with Crippen molar-refractivity contribution < 1.29 is 9.90 Å². The number of benzene rings is 2. The van der Waals surface area contributed by atoms with Gasteiger partial charge in [0.25, 0.3) is 5.91 Å². The molecule has 0 aliphatic rings. The van der Waals surface area contributed by atoms with Crippen LogP contribution in [-0.4, -0.2) is 17.3 Å². The zero-order valence-corrected chi connectivity index (χ0v) is 17.5. The van der Waals surface area contributed by atoms with Gasteiger partial charge in [0.1, 0.15) is 5.56 Å². The maximum absolute atomic E-state index is 12.8. The molecule has 4 aromatic rings. The SMILES string of the molecule is CSc1ccc(/C(=C/NC(=O)c2c(O)sc3ccccc23)c2cccs2)cc1. The van der Waals surface area contributed by atoms with E-state index < -0.39 is 0 Å². The van der Waals surface area contributed by atoms with Crippen molar-refractivity contribution in [2.75, 3.05) is 6.26 Å². The number of aromatic hydroxyl groups is 1. The Morgan fingerprint density at radius 3 is 2.57 bits per heavy atom. The zero-order chi connectivity index (χ0) is 19.5. The number of thioether (sulfide) groups is 1. The Balaban J connectivity index is 1.69. The molecule has 3 nitrogen and oxygen atoms in total. The van der Waals surface area contributed by atoms with Gasteiger partial charge >= 0.3 is 0 Å². The van der Waals surface area contributed by atoms with E-state index in [2.05, 4.69) is 29.6 Å². The molecule has 0 saturated carbocycles. The van der Waals surface area contributed by atoms with E-state index in [1.165, 1.54) is 16.2 Å². The Hall–Kier alpha value is -2.54. The van der Waals surface area contributed by atoms with Gasteiger partial charge in [0, 0.05) is 31.6 Å². The number of hydrogen-bond acceptors (Lipinski definition) is 5. The van der Waals surface area contributed by atoms with E-state index in [1.54, 1.807) is 29.3 Å². The molecule has 4 rings (SSSR count). The average molecular weight is 424 g/mol. The van der Waals surface area contributed by atoms with E-state index in [4.69, 9.17) is 0 Å². The van der Waals surface area contributed by atoms with E-state index in [1.807, 2.05) is 48.0 Å². The van der Waals surface area contributed by atoms with E-state index in [0.717, 1.165) is 26.1 Å². The summed E-state index contributed by atoms with van der Waals surface area (Å²) >= 11 is 4.52. The summed E-state index contributed by atoms with van der Waals surface area (Å²) in [6.45, 7) is 0. The largest absolute Gasteiger partial charge is 0.499 e. The fourth-order valence-electron chi connectivity index (χ4n) is 2.96. The lowest BCUT2D eigenvalue weighted by atomic mass is 10.1. The van der Waals surface area contributed by atoms with Gasteiger partial charge in [0.2, 0.25) is 0 Å². The van der Waals surface area contributed by atoms with Crippen molar-refractivity contribution in [3.8, 4) is 5.06 Å².